The third kappa shape index (κ3) is 3.09. The lowest BCUT2D eigenvalue weighted by Crippen LogP contribution is -2.34. The van der Waals surface area contributed by atoms with Gasteiger partial charge in [0.1, 0.15) is 11.5 Å². The molecule has 1 aromatic heterocycles. The molecule has 1 aromatic carbocycles. The van der Waals surface area contributed by atoms with Crippen LogP contribution in [-0.2, 0) is 0 Å². The molecule has 0 aliphatic carbocycles. The molecular weight excluding hydrogens is 300 g/mol. The molecule has 23 heavy (non-hydrogen) atoms. The molecule has 0 radical (unpaired) electrons. The number of phenolic OH excluding ortho intramolecular Hbond substituents is 1. The Bertz CT molecular complexity index is 697. The molecule has 1 amide bonds. The van der Waals surface area contributed by atoms with E-state index in [2.05, 4.69) is 5.32 Å². The standard InChI is InChI=1S/C16H18N2O5/c1-18(2)11(13-4-3-5-21-13)8-17-16(20)10-6-14-15(7-12(10)19)23-9-22-14/h3-7,11,19H,8-9H2,1-2H3,(H,17,20). The Labute approximate surface area is 133 Å². The number of aromatic hydroxyl groups is 1. The monoisotopic (exact) mass is 318 g/mol. The van der Waals surface area contributed by atoms with Gasteiger partial charge in [0.15, 0.2) is 11.5 Å². The molecule has 0 saturated carbocycles. The van der Waals surface area contributed by atoms with E-state index in [1.807, 2.05) is 25.1 Å². The number of likely N-dealkylation sites (N-methyl/N-ethyl adjacent to an activating group) is 1. The highest BCUT2D eigenvalue weighted by molar-refractivity contribution is 5.97. The van der Waals surface area contributed by atoms with E-state index in [4.69, 9.17) is 13.9 Å². The number of nitrogens with one attached hydrogen (secondary N) is 1. The van der Waals surface area contributed by atoms with Gasteiger partial charge in [-0.05, 0) is 26.2 Å². The van der Waals surface area contributed by atoms with E-state index >= 15 is 0 Å². The Balaban J connectivity index is 1.72. The van der Waals surface area contributed by atoms with Crippen LogP contribution in [0, 0.1) is 0 Å². The van der Waals surface area contributed by atoms with Gasteiger partial charge >= 0.3 is 0 Å². The number of amides is 1. The molecular formula is C16H18N2O5. The smallest absolute Gasteiger partial charge is 0.255 e. The van der Waals surface area contributed by atoms with E-state index in [-0.39, 0.29) is 30.1 Å². The second kappa shape index (κ2) is 6.21. The van der Waals surface area contributed by atoms with Gasteiger partial charge in [-0.1, -0.05) is 0 Å². The second-order valence-electron chi connectivity index (χ2n) is 5.43. The summed E-state index contributed by atoms with van der Waals surface area (Å²) in [6, 6.07) is 6.41. The first-order valence-electron chi connectivity index (χ1n) is 7.17. The number of carbonyl (C=O) groups is 1. The first-order chi connectivity index (χ1) is 11.1. The van der Waals surface area contributed by atoms with Gasteiger partial charge < -0.3 is 24.3 Å². The minimum Gasteiger partial charge on any atom is -0.507 e. The molecule has 0 fully saturated rings. The molecule has 2 N–H and O–H groups in total. The maximum absolute atomic E-state index is 12.3. The molecule has 2 aromatic rings. The van der Waals surface area contributed by atoms with Crippen molar-refractivity contribution >= 4 is 5.91 Å². The summed E-state index contributed by atoms with van der Waals surface area (Å²) in [6.45, 7) is 0.425. The lowest BCUT2D eigenvalue weighted by molar-refractivity contribution is 0.0936. The molecule has 1 aliphatic heterocycles. The number of hydrogen-bond acceptors (Lipinski definition) is 6. The summed E-state index contributed by atoms with van der Waals surface area (Å²) in [7, 11) is 3.80. The normalized spacial score (nSPS) is 14.0. The van der Waals surface area contributed by atoms with E-state index in [0.29, 0.717) is 18.0 Å². The first-order valence-corrected chi connectivity index (χ1v) is 7.17. The topological polar surface area (TPSA) is 84.2 Å². The van der Waals surface area contributed by atoms with Crippen LogP contribution in [-0.4, -0.2) is 43.3 Å². The van der Waals surface area contributed by atoms with Crippen molar-refractivity contribution < 1.29 is 23.8 Å². The zero-order valence-corrected chi connectivity index (χ0v) is 12.9. The predicted molar refractivity (Wildman–Crippen MR) is 81.7 cm³/mol. The van der Waals surface area contributed by atoms with Gasteiger partial charge in [-0.25, -0.2) is 0 Å². The fourth-order valence-corrected chi connectivity index (χ4v) is 2.42. The van der Waals surface area contributed by atoms with Gasteiger partial charge in [0.05, 0.1) is 17.9 Å². The van der Waals surface area contributed by atoms with Gasteiger partial charge in [0, 0.05) is 18.7 Å². The van der Waals surface area contributed by atoms with Gasteiger partial charge in [-0.3, -0.25) is 9.69 Å². The number of furan rings is 1. The van der Waals surface area contributed by atoms with Crippen molar-refractivity contribution in [2.24, 2.45) is 0 Å². The highest BCUT2D eigenvalue weighted by Gasteiger charge is 2.23. The first kappa shape index (κ1) is 15.2. The SMILES string of the molecule is CN(C)C(CNC(=O)c1cc2c(cc1O)OCO2)c1ccco1. The van der Waals surface area contributed by atoms with E-state index in [1.54, 1.807) is 12.3 Å². The summed E-state index contributed by atoms with van der Waals surface area (Å²) < 4.78 is 15.8. The van der Waals surface area contributed by atoms with Crippen LogP contribution in [0.5, 0.6) is 17.2 Å². The highest BCUT2D eigenvalue weighted by Crippen LogP contribution is 2.37. The van der Waals surface area contributed by atoms with Crippen LogP contribution in [0.3, 0.4) is 0 Å². The van der Waals surface area contributed by atoms with Gasteiger partial charge in [-0.15, -0.1) is 0 Å². The van der Waals surface area contributed by atoms with E-state index in [1.165, 1.54) is 12.1 Å². The number of fused-ring (bicyclic) bond motifs is 1. The Hall–Kier alpha value is -2.67. The predicted octanol–water partition coefficient (Wildman–Crippen LogP) is 1.75. The number of carbonyl (C=O) groups excluding carboxylic acids is 1. The Morgan fingerprint density at radius 1 is 1.35 bits per heavy atom. The molecule has 0 saturated heterocycles. The van der Waals surface area contributed by atoms with Crippen molar-refractivity contribution in [3.8, 4) is 17.2 Å². The Morgan fingerprint density at radius 2 is 2.09 bits per heavy atom. The number of phenols is 1. The minimum atomic E-state index is -0.390. The molecule has 3 rings (SSSR count). The summed E-state index contributed by atoms with van der Waals surface area (Å²) in [4.78, 5) is 14.3. The number of rotatable bonds is 5. The Kier molecular flexibility index (Phi) is 4.12. The average Bonchev–Trinajstić information content (AvgIpc) is 3.16. The van der Waals surface area contributed by atoms with Crippen LogP contribution in [0.2, 0.25) is 0 Å². The summed E-state index contributed by atoms with van der Waals surface area (Å²) in [5.74, 6) is 1.10. The molecule has 1 unspecified atom stereocenters. The number of ether oxygens (including phenoxy) is 2. The molecule has 7 heteroatoms. The quantitative estimate of drug-likeness (QED) is 0.874. The Morgan fingerprint density at radius 3 is 2.74 bits per heavy atom. The number of nitrogens with zero attached hydrogens (tertiary/aromatic N) is 1. The third-order valence-electron chi connectivity index (χ3n) is 3.69. The largest absolute Gasteiger partial charge is 0.507 e. The molecule has 122 valence electrons. The van der Waals surface area contributed by atoms with Crippen molar-refractivity contribution in [3.05, 3.63) is 41.9 Å². The van der Waals surface area contributed by atoms with Crippen molar-refractivity contribution in [1.82, 2.24) is 10.2 Å². The summed E-state index contributed by atoms with van der Waals surface area (Å²) in [5, 5.41) is 12.8. The zero-order valence-electron chi connectivity index (χ0n) is 12.9. The molecule has 7 nitrogen and oxygen atoms in total. The van der Waals surface area contributed by atoms with Crippen LogP contribution in [0.4, 0.5) is 0 Å². The highest BCUT2D eigenvalue weighted by atomic mass is 16.7. The van der Waals surface area contributed by atoms with E-state index in [0.717, 1.165) is 5.76 Å². The third-order valence-corrected chi connectivity index (χ3v) is 3.69. The van der Waals surface area contributed by atoms with Crippen molar-refractivity contribution in [1.29, 1.82) is 0 Å². The summed E-state index contributed by atoms with van der Waals surface area (Å²) in [5.41, 5.74) is 0.145. The van der Waals surface area contributed by atoms with Crippen molar-refractivity contribution in [3.63, 3.8) is 0 Å². The number of benzene rings is 1. The fraction of sp³-hybridized carbons (Fsp3) is 0.312. The van der Waals surface area contributed by atoms with E-state index < -0.39 is 0 Å². The van der Waals surface area contributed by atoms with Crippen molar-refractivity contribution in [2.45, 2.75) is 6.04 Å². The van der Waals surface area contributed by atoms with E-state index in [9.17, 15) is 9.90 Å². The van der Waals surface area contributed by atoms with Crippen molar-refractivity contribution in [2.75, 3.05) is 27.4 Å². The second-order valence-corrected chi connectivity index (χ2v) is 5.43. The van der Waals surface area contributed by atoms with Gasteiger partial charge in [0.25, 0.3) is 5.91 Å². The van der Waals surface area contributed by atoms with Crippen LogP contribution in [0.25, 0.3) is 0 Å². The maximum Gasteiger partial charge on any atom is 0.255 e. The minimum absolute atomic E-state index is 0.0844. The van der Waals surface area contributed by atoms with Crippen LogP contribution < -0.4 is 14.8 Å². The van der Waals surface area contributed by atoms with Crippen LogP contribution >= 0.6 is 0 Å². The van der Waals surface area contributed by atoms with Crippen LogP contribution in [0.1, 0.15) is 22.2 Å². The summed E-state index contributed by atoms with van der Waals surface area (Å²) in [6.07, 6.45) is 1.59. The molecule has 0 spiro atoms. The summed E-state index contributed by atoms with van der Waals surface area (Å²) >= 11 is 0. The van der Waals surface area contributed by atoms with Crippen LogP contribution in [0.15, 0.2) is 34.9 Å². The lowest BCUT2D eigenvalue weighted by atomic mass is 10.1. The molecule has 0 bridgehead atoms. The molecule has 2 heterocycles. The zero-order chi connectivity index (χ0) is 16.4. The van der Waals surface area contributed by atoms with Gasteiger partial charge in [-0.2, -0.15) is 0 Å². The molecule has 1 aliphatic rings. The number of hydrogen-bond donors (Lipinski definition) is 2. The lowest BCUT2D eigenvalue weighted by Gasteiger charge is -2.22. The van der Waals surface area contributed by atoms with Gasteiger partial charge in [0.2, 0.25) is 6.79 Å². The average molecular weight is 318 g/mol. The fourth-order valence-electron chi connectivity index (χ4n) is 2.42. The molecule has 1 atom stereocenters. The maximum atomic E-state index is 12.3.